The van der Waals surface area contributed by atoms with E-state index < -0.39 is 0 Å². The number of rotatable bonds is 1. The minimum absolute atomic E-state index is 0. The number of hydrogen-bond donors (Lipinski definition) is 2. The fourth-order valence-corrected chi connectivity index (χ4v) is 0.983. The molecule has 0 saturated carbocycles. The monoisotopic (exact) mass is 203 g/mol. The van der Waals surface area contributed by atoms with Crippen molar-refractivity contribution in [2.45, 2.75) is 6.92 Å². The molecule has 1 heterocycles. The van der Waals surface area contributed by atoms with E-state index in [4.69, 9.17) is 5.84 Å². The largest absolute Gasteiger partial charge is 0.323 e. The van der Waals surface area contributed by atoms with Crippen LogP contribution in [0.4, 0.5) is 5.69 Å². The van der Waals surface area contributed by atoms with E-state index in [1.807, 2.05) is 30.3 Å². The zero-order chi connectivity index (χ0) is 10.9. The van der Waals surface area contributed by atoms with Crippen LogP contribution in [0.15, 0.2) is 54.9 Å². The van der Waals surface area contributed by atoms with Crippen molar-refractivity contribution in [3.63, 3.8) is 0 Å². The van der Waals surface area contributed by atoms with Crippen molar-refractivity contribution in [3.8, 4) is 0 Å². The first kappa shape index (κ1) is 11.2. The second-order valence-electron chi connectivity index (χ2n) is 3.04. The molecule has 3 heteroatoms. The third kappa shape index (κ3) is 4.78. The van der Waals surface area contributed by atoms with Crippen LogP contribution in [0, 0.1) is 6.92 Å². The molecular formula is C12H17N3. The first-order valence-corrected chi connectivity index (χ1v) is 4.71. The van der Waals surface area contributed by atoms with E-state index in [2.05, 4.69) is 29.5 Å². The van der Waals surface area contributed by atoms with Gasteiger partial charge in [-0.3, -0.25) is 10.8 Å². The molecule has 2 aromatic rings. The summed E-state index contributed by atoms with van der Waals surface area (Å²) in [6.07, 6.45) is 3.35. The summed E-state index contributed by atoms with van der Waals surface area (Å²) in [5.74, 6) is 5.06. The Hall–Kier alpha value is -1.87. The Balaban J connectivity index is 0.000000267. The molecule has 0 unspecified atom stereocenters. The van der Waals surface area contributed by atoms with Crippen LogP contribution in [0.2, 0.25) is 0 Å². The average Bonchev–Trinajstić information content (AvgIpc) is 2.32. The molecule has 15 heavy (non-hydrogen) atoms. The highest BCUT2D eigenvalue weighted by Crippen LogP contribution is 1.97. The lowest BCUT2D eigenvalue weighted by molar-refractivity contribution is 1.27. The zero-order valence-electron chi connectivity index (χ0n) is 8.72. The number of pyridine rings is 1. The summed E-state index contributed by atoms with van der Waals surface area (Å²) in [7, 11) is 0. The summed E-state index contributed by atoms with van der Waals surface area (Å²) in [4.78, 5) is 3.81. The van der Waals surface area contributed by atoms with Crippen molar-refractivity contribution in [2.24, 2.45) is 5.84 Å². The van der Waals surface area contributed by atoms with Gasteiger partial charge in [0.25, 0.3) is 0 Å². The number of aryl methyl sites for hydroxylation is 1. The van der Waals surface area contributed by atoms with E-state index in [-0.39, 0.29) is 1.43 Å². The second-order valence-corrected chi connectivity index (χ2v) is 3.04. The molecule has 0 radical (unpaired) electrons. The fraction of sp³-hybridized carbons (Fsp3) is 0.0833. The molecule has 0 spiro atoms. The Morgan fingerprint density at radius 2 is 1.87 bits per heavy atom. The van der Waals surface area contributed by atoms with Crippen molar-refractivity contribution < 1.29 is 1.43 Å². The minimum atomic E-state index is 0. The molecule has 0 bridgehead atoms. The van der Waals surface area contributed by atoms with Gasteiger partial charge in [0.05, 0.1) is 11.9 Å². The van der Waals surface area contributed by atoms with Crippen molar-refractivity contribution >= 4 is 5.69 Å². The lowest BCUT2D eigenvalue weighted by atomic mass is 10.2. The number of nitrogens with two attached hydrogens (primary N) is 1. The van der Waals surface area contributed by atoms with Crippen LogP contribution >= 0.6 is 0 Å². The smallest absolute Gasteiger partial charge is 0.0668 e. The van der Waals surface area contributed by atoms with Gasteiger partial charge in [0.15, 0.2) is 0 Å². The van der Waals surface area contributed by atoms with Gasteiger partial charge >= 0.3 is 0 Å². The lowest BCUT2D eigenvalue weighted by Gasteiger charge is -1.93. The Labute approximate surface area is 91.4 Å². The predicted octanol–water partition coefficient (Wildman–Crippen LogP) is 2.61. The number of nitrogen functional groups attached to an aromatic ring is 1. The van der Waals surface area contributed by atoms with Gasteiger partial charge in [-0.05, 0) is 19.1 Å². The van der Waals surface area contributed by atoms with Gasteiger partial charge in [-0.2, -0.15) is 0 Å². The van der Waals surface area contributed by atoms with Crippen molar-refractivity contribution in [1.29, 1.82) is 0 Å². The van der Waals surface area contributed by atoms with Gasteiger partial charge in [-0.25, -0.2) is 0 Å². The van der Waals surface area contributed by atoms with Crippen LogP contribution in [-0.2, 0) is 0 Å². The third-order valence-corrected chi connectivity index (χ3v) is 1.77. The molecule has 0 fully saturated rings. The van der Waals surface area contributed by atoms with Crippen LogP contribution in [0.1, 0.15) is 6.99 Å². The van der Waals surface area contributed by atoms with E-state index in [9.17, 15) is 0 Å². The van der Waals surface area contributed by atoms with E-state index >= 15 is 0 Å². The van der Waals surface area contributed by atoms with Crippen molar-refractivity contribution in [1.82, 2.24) is 4.98 Å². The summed E-state index contributed by atoms with van der Waals surface area (Å²) in [6.45, 7) is 2.08. The van der Waals surface area contributed by atoms with Gasteiger partial charge in [-0.1, -0.05) is 35.9 Å². The van der Waals surface area contributed by atoms with Crippen molar-refractivity contribution in [3.05, 3.63) is 60.4 Å². The molecule has 2 rings (SSSR count). The number of nitrogens with one attached hydrogen (secondary N) is 1. The second kappa shape index (κ2) is 6.56. The zero-order valence-corrected chi connectivity index (χ0v) is 8.72. The Morgan fingerprint density at radius 3 is 2.20 bits per heavy atom. The maximum atomic E-state index is 5.06. The molecule has 0 saturated heterocycles. The SMILES string of the molecule is Cc1ccccc1.NNc1cccnc1.[HH]. The summed E-state index contributed by atoms with van der Waals surface area (Å²) >= 11 is 0. The van der Waals surface area contributed by atoms with Crippen LogP contribution in [0.25, 0.3) is 0 Å². The summed E-state index contributed by atoms with van der Waals surface area (Å²) < 4.78 is 0. The maximum absolute atomic E-state index is 5.06. The van der Waals surface area contributed by atoms with Crippen LogP contribution in [-0.4, -0.2) is 4.98 Å². The molecule has 0 atom stereocenters. The molecule has 1 aromatic carbocycles. The van der Waals surface area contributed by atoms with E-state index in [1.165, 1.54) is 5.56 Å². The summed E-state index contributed by atoms with van der Waals surface area (Å²) in [5.41, 5.74) is 4.61. The van der Waals surface area contributed by atoms with Gasteiger partial charge in [0, 0.05) is 7.62 Å². The quantitative estimate of drug-likeness (QED) is 0.553. The maximum Gasteiger partial charge on any atom is 0.0668 e. The van der Waals surface area contributed by atoms with Crippen LogP contribution in [0.3, 0.4) is 0 Å². The molecule has 80 valence electrons. The van der Waals surface area contributed by atoms with Crippen molar-refractivity contribution in [2.75, 3.05) is 5.43 Å². The molecule has 0 amide bonds. The van der Waals surface area contributed by atoms with E-state index in [0.29, 0.717) is 0 Å². The van der Waals surface area contributed by atoms with E-state index in [1.54, 1.807) is 12.4 Å². The number of hydrogen-bond acceptors (Lipinski definition) is 3. The predicted molar refractivity (Wildman–Crippen MR) is 65.3 cm³/mol. The highest BCUT2D eigenvalue weighted by Gasteiger charge is 1.79. The van der Waals surface area contributed by atoms with Crippen LogP contribution in [0.5, 0.6) is 0 Å². The molecule has 0 aliphatic heterocycles. The topological polar surface area (TPSA) is 50.9 Å². The Bertz CT molecular complexity index is 365. The highest BCUT2D eigenvalue weighted by molar-refractivity contribution is 5.37. The van der Waals surface area contributed by atoms with Crippen LogP contribution < -0.4 is 11.3 Å². The number of benzene rings is 1. The lowest BCUT2D eigenvalue weighted by Crippen LogP contribution is -2.06. The molecule has 0 aliphatic carbocycles. The Kier molecular flexibility index (Phi) is 4.90. The normalized spacial score (nSPS) is 8.67. The van der Waals surface area contributed by atoms with E-state index in [0.717, 1.165) is 5.69 Å². The Morgan fingerprint density at radius 1 is 1.13 bits per heavy atom. The first-order valence-electron chi connectivity index (χ1n) is 4.71. The number of hydrazine groups is 1. The van der Waals surface area contributed by atoms with Gasteiger partial charge < -0.3 is 5.43 Å². The number of nitrogens with zero attached hydrogens (tertiary/aromatic N) is 1. The molecule has 1 aromatic heterocycles. The average molecular weight is 203 g/mol. The fourth-order valence-electron chi connectivity index (χ4n) is 0.983. The minimum Gasteiger partial charge on any atom is -0.323 e. The first-order chi connectivity index (χ1) is 7.33. The molecule has 3 N–H and O–H groups in total. The highest BCUT2D eigenvalue weighted by atomic mass is 15.2. The number of aromatic nitrogens is 1. The molecule has 3 nitrogen and oxygen atoms in total. The number of anilines is 1. The molecular weight excluding hydrogens is 186 g/mol. The third-order valence-electron chi connectivity index (χ3n) is 1.77. The van der Waals surface area contributed by atoms with Gasteiger partial charge in [-0.15, -0.1) is 0 Å². The summed E-state index contributed by atoms with van der Waals surface area (Å²) in [5, 5.41) is 0. The summed E-state index contributed by atoms with van der Waals surface area (Å²) in [6, 6.07) is 13.9. The molecule has 0 aliphatic rings. The standard InChI is InChI=1S/C7H8.C5H7N3.H2/c1-7-5-3-2-4-6-7;6-8-5-2-1-3-7-4-5;/h2-6H,1H3;1-4,8H,6H2;1H. The van der Waals surface area contributed by atoms with Gasteiger partial charge in [0.2, 0.25) is 0 Å². The van der Waals surface area contributed by atoms with Gasteiger partial charge in [0.1, 0.15) is 0 Å².